The number of imidazole rings is 1. The van der Waals surface area contributed by atoms with Crippen molar-refractivity contribution in [1.82, 2.24) is 14.5 Å². The van der Waals surface area contributed by atoms with Crippen LogP contribution < -0.4 is 5.32 Å². The summed E-state index contributed by atoms with van der Waals surface area (Å²) in [4.78, 5) is 31.5. The molecule has 28 heavy (non-hydrogen) atoms. The van der Waals surface area contributed by atoms with Crippen molar-refractivity contribution in [2.75, 3.05) is 11.9 Å². The first-order valence-electron chi connectivity index (χ1n) is 10.3. The molecule has 1 N–H and O–H groups in total. The first-order valence-corrected chi connectivity index (χ1v) is 10.3. The fourth-order valence-electron chi connectivity index (χ4n) is 4.14. The molecule has 1 atom stereocenters. The number of rotatable bonds is 4. The highest BCUT2D eigenvalue weighted by Crippen LogP contribution is 2.25. The van der Waals surface area contributed by atoms with Gasteiger partial charge in [-0.15, -0.1) is 0 Å². The molecule has 3 heterocycles. The number of carbonyl (C=O) groups is 2. The molecule has 6 nitrogen and oxygen atoms in total. The highest BCUT2D eigenvalue weighted by atomic mass is 16.2. The van der Waals surface area contributed by atoms with E-state index >= 15 is 0 Å². The molecule has 4 rings (SSSR count). The molecule has 0 spiro atoms. The fourth-order valence-corrected chi connectivity index (χ4v) is 4.14. The van der Waals surface area contributed by atoms with E-state index in [0.29, 0.717) is 6.54 Å². The average Bonchev–Trinajstić information content (AvgIpc) is 3.35. The van der Waals surface area contributed by atoms with E-state index in [1.807, 2.05) is 38.1 Å². The number of hydrogen-bond acceptors (Lipinski definition) is 3. The summed E-state index contributed by atoms with van der Waals surface area (Å²) in [5.41, 5.74) is 2.79. The highest BCUT2D eigenvalue weighted by Gasteiger charge is 2.34. The van der Waals surface area contributed by atoms with Gasteiger partial charge in [-0.2, -0.15) is 0 Å². The first-order chi connectivity index (χ1) is 13.5. The predicted octanol–water partition coefficient (Wildman–Crippen LogP) is 3.47. The average molecular weight is 380 g/mol. The summed E-state index contributed by atoms with van der Waals surface area (Å²) in [5, 5.41) is 2.98. The van der Waals surface area contributed by atoms with Crippen LogP contribution in [0.1, 0.15) is 45.4 Å². The normalized spacial score (nSPS) is 19.0. The molecule has 1 aromatic carbocycles. The van der Waals surface area contributed by atoms with Crippen molar-refractivity contribution >= 4 is 17.5 Å². The van der Waals surface area contributed by atoms with Crippen LogP contribution in [0.15, 0.2) is 30.5 Å². The van der Waals surface area contributed by atoms with Gasteiger partial charge in [0, 0.05) is 42.9 Å². The Labute approximate surface area is 165 Å². The Morgan fingerprint density at radius 3 is 2.61 bits per heavy atom. The van der Waals surface area contributed by atoms with Gasteiger partial charge in [0.1, 0.15) is 11.9 Å². The topological polar surface area (TPSA) is 67.2 Å². The van der Waals surface area contributed by atoms with Gasteiger partial charge in [0.15, 0.2) is 0 Å². The van der Waals surface area contributed by atoms with Crippen molar-refractivity contribution < 1.29 is 9.59 Å². The fraction of sp³-hybridized carbons (Fsp3) is 0.500. The van der Waals surface area contributed by atoms with Crippen molar-refractivity contribution in [2.45, 2.75) is 58.5 Å². The molecule has 6 heteroatoms. The summed E-state index contributed by atoms with van der Waals surface area (Å²) in [7, 11) is 0. The molecule has 148 valence electrons. The summed E-state index contributed by atoms with van der Waals surface area (Å²) in [6, 6.07) is 7.45. The van der Waals surface area contributed by atoms with Gasteiger partial charge in [-0.1, -0.05) is 26.0 Å². The number of amides is 2. The number of aromatic nitrogens is 2. The van der Waals surface area contributed by atoms with Gasteiger partial charge >= 0.3 is 0 Å². The number of aryl methyl sites for hydroxylation is 2. The van der Waals surface area contributed by atoms with E-state index in [1.54, 1.807) is 4.90 Å². The Morgan fingerprint density at radius 2 is 1.89 bits per heavy atom. The molecule has 1 saturated heterocycles. The van der Waals surface area contributed by atoms with Crippen LogP contribution in [0.3, 0.4) is 0 Å². The molecule has 0 radical (unpaired) electrons. The van der Waals surface area contributed by atoms with E-state index in [1.165, 1.54) is 12.8 Å². The number of carbonyl (C=O) groups excluding carboxylic acids is 2. The van der Waals surface area contributed by atoms with Crippen molar-refractivity contribution in [3.05, 3.63) is 36.3 Å². The summed E-state index contributed by atoms with van der Waals surface area (Å²) in [6.07, 6.45) is 7.18. The zero-order chi connectivity index (χ0) is 19.7. The Kier molecular flexibility index (Phi) is 5.20. The van der Waals surface area contributed by atoms with Gasteiger partial charge in [0.2, 0.25) is 11.8 Å². The predicted molar refractivity (Wildman–Crippen MR) is 109 cm³/mol. The molecule has 0 bridgehead atoms. The van der Waals surface area contributed by atoms with Gasteiger partial charge in [0.25, 0.3) is 0 Å². The standard InChI is InChI=1S/C22H28N4O2/c1-15(2)22(28)26-13-5-6-19(26)21(27)23-17-10-8-16(9-11-17)18-14-25-12-4-3-7-20(25)24-18/h8-11,14-15,19H,3-7,12-13H2,1-2H3,(H,23,27). The maximum atomic E-state index is 12.7. The van der Waals surface area contributed by atoms with E-state index < -0.39 is 0 Å². The Hall–Kier alpha value is -2.63. The summed E-state index contributed by atoms with van der Waals surface area (Å²) in [6.45, 7) is 5.46. The van der Waals surface area contributed by atoms with Gasteiger partial charge in [-0.25, -0.2) is 4.98 Å². The van der Waals surface area contributed by atoms with E-state index in [9.17, 15) is 9.59 Å². The van der Waals surface area contributed by atoms with E-state index in [0.717, 1.165) is 48.6 Å². The second-order valence-electron chi connectivity index (χ2n) is 8.10. The van der Waals surface area contributed by atoms with Gasteiger partial charge in [-0.3, -0.25) is 9.59 Å². The largest absolute Gasteiger partial charge is 0.334 e. The molecule has 2 aromatic rings. The molecule has 2 aliphatic rings. The molecule has 0 saturated carbocycles. The van der Waals surface area contributed by atoms with Crippen LogP contribution >= 0.6 is 0 Å². The molecule has 2 aliphatic heterocycles. The Bertz CT molecular complexity index is 846. The van der Waals surface area contributed by atoms with Crippen LogP contribution in [0.25, 0.3) is 11.3 Å². The molecule has 1 unspecified atom stereocenters. The maximum absolute atomic E-state index is 12.7. The van der Waals surface area contributed by atoms with Crippen molar-refractivity contribution in [1.29, 1.82) is 0 Å². The smallest absolute Gasteiger partial charge is 0.247 e. The van der Waals surface area contributed by atoms with Gasteiger partial charge < -0.3 is 14.8 Å². The molecule has 0 aliphatic carbocycles. The minimum Gasteiger partial charge on any atom is -0.334 e. The maximum Gasteiger partial charge on any atom is 0.247 e. The third kappa shape index (κ3) is 3.68. The first kappa shape index (κ1) is 18.7. The van der Waals surface area contributed by atoms with Crippen LogP contribution in [-0.2, 0) is 22.6 Å². The van der Waals surface area contributed by atoms with Crippen LogP contribution in [0.4, 0.5) is 5.69 Å². The number of likely N-dealkylation sites (tertiary alicyclic amines) is 1. The lowest BCUT2D eigenvalue weighted by Crippen LogP contribution is -2.44. The number of nitrogens with one attached hydrogen (secondary N) is 1. The third-order valence-electron chi connectivity index (χ3n) is 5.69. The summed E-state index contributed by atoms with van der Waals surface area (Å²) in [5.74, 6) is 1.02. The zero-order valence-corrected chi connectivity index (χ0v) is 16.6. The number of hydrogen-bond donors (Lipinski definition) is 1. The number of nitrogens with zero attached hydrogens (tertiary/aromatic N) is 3. The lowest BCUT2D eigenvalue weighted by atomic mass is 10.1. The van der Waals surface area contributed by atoms with E-state index in [2.05, 4.69) is 16.1 Å². The molecular weight excluding hydrogens is 352 g/mol. The second kappa shape index (κ2) is 7.78. The quantitative estimate of drug-likeness (QED) is 0.883. The van der Waals surface area contributed by atoms with Gasteiger partial charge in [-0.05, 0) is 37.8 Å². The lowest BCUT2D eigenvalue weighted by Gasteiger charge is -2.25. The molecular formula is C22H28N4O2. The molecule has 1 aromatic heterocycles. The zero-order valence-electron chi connectivity index (χ0n) is 16.6. The lowest BCUT2D eigenvalue weighted by molar-refractivity contribution is -0.139. The van der Waals surface area contributed by atoms with Crippen LogP contribution in [-0.4, -0.2) is 38.9 Å². The van der Waals surface area contributed by atoms with Gasteiger partial charge in [0.05, 0.1) is 5.69 Å². The minimum absolute atomic E-state index is 0.0525. The second-order valence-corrected chi connectivity index (χ2v) is 8.10. The van der Waals surface area contributed by atoms with Crippen molar-refractivity contribution in [2.24, 2.45) is 5.92 Å². The molecule has 1 fully saturated rings. The molecule has 2 amide bonds. The van der Waals surface area contributed by atoms with E-state index in [4.69, 9.17) is 4.98 Å². The monoisotopic (exact) mass is 380 g/mol. The number of benzene rings is 1. The summed E-state index contributed by atoms with van der Waals surface area (Å²) < 4.78 is 2.24. The van der Waals surface area contributed by atoms with Crippen LogP contribution in [0, 0.1) is 5.92 Å². The van der Waals surface area contributed by atoms with Crippen LogP contribution in [0.2, 0.25) is 0 Å². The van der Waals surface area contributed by atoms with Crippen LogP contribution in [0.5, 0.6) is 0 Å². The third-order valence-corrected chi connectivity index (χ3v) is 5.69. The van der Waals surface area contributed by atoms with E-state index in [-0.39, 0.29) is 23.8 Å². The Morgan fingerprint density at radius 1 is 1.11 bits per heavy atom. The highest BCUT2D eigenvalue weighted by molar-refractivity contribution is 5.97. The Balaban J connectivity index is 1.43. The minimum atomic E-state index is -0.366. The van der Waals surface area contributed by atoms with Crippen molar-refractivity contribution in [3.63, 3.8) is 0 Å². The van der Waals surface area contributed by atoms with Crippen molar-refractivity contribution in [3.8, 4) is 11.3 Å². The SMILES string of the molecule is CC(C)C(=O)N1CCCC1C(=O)Nc1ccc(-c2cn3c(n2)CCCC3)cc1. The number of anilines is 1. The number of fused-ring (bicyclic) bond motifs is 1. The summed E-state index contributed by atoms with van der Waals surface area (Å²) >= 11 is 0.